The molecule has 2 aliphatic carbocycles. The van der Waals surface area contributed by atoms with Crippen molar-refractivity contribution in [3.05, 3.63) is 58.7 Å². The summed E-state index contributed by atoms with van der Waals surface area (Å²) in [4.78, 5) is 13.0. The minimum atomic E-state index is -1.91. The highest BCUT2D eigenvalue weighted by atomic mass is 35.5. The average Bonchev–Trinajstić information content (AvgIpc) is 3.19. The molecule has 130 valence electrons. The number of carbonyl (C=O) groups excluding carboxylic acids is 1. The lowest BCUT2D eigenvalue weighted by Gasteiger charge is -2.29. The van der Waals surface area contributed by atoms with Gasteiger partial charge in [-0.1, -0.05) is 31.2 Å². The molecule has 1 saturated carbocycles. The van der Waals surface area contributed by atoms with Crippen molar-refractivity contribution in [3.8, 4) is 5.75 Å². The van der Waals surface area contributed by atoms with Gasteiger partial charge in [0, 0.05) is 16.8 Å². The maximum Gasteiger partial charge on any atom is 0.265 e. The molecule has 25 heavy (non-hydrogen) atoms. The minimum absolute atomic E-state index is 0. The second-order valence-corrected chi connectivity index (χ2v) is 7.23. The number of ketones is 1. The Bertz CT molecular complexity index is 931. The Morgan fingerprint density at radius 1 is 1.24 bits per heavy atom. The number of halogens is 1. The molecule has 2 aromatic carbocycles. The number of hydrogen-bond donors (Lipinski definition) is 3. The molecule has 5 nitrogen and oxygen atoms in total. The minimum Gasteiger partial charge on any atom is -0.455 e. The summed E-state index contributed by atoms with van der Waals surface area (Å²) in [5.41, 5.74) is 13.3. The van der Waals surface area contributed by atoms with E-state index in [-0.39, 0.29) is 18.0 Å². The zero-order valence-corrected chi connectivity index (χ0v) is 14.5. The van der Waals surface area contributed by atoms with Crippen molar-refractivity contribution in [1.29, 1.82) is 0 Å². The molecular weight excluding hydrogens is 340 g/mol. The predicted molar refractivity (Wildman–Crippen MR) is 95.8 cm³/mol. The van der Waals surface area contributed by atoms with Gasteiger partial charge in [-0.2, -0.15) is 0 Å². The first-order valence-electron chi connectivity index (χ1n) is 8.16. The second-order valence-electron chi connectivity index (χ2n) is 7.23. The molecule has 0 radical (unpaired) electrons. The summed E-state index contributed by atoms with van der Waals surface area (Å²) in [5, 5.41) is 11.2. The van der Waals surface area contributed by atoms with Crippen molar-refractivity contribution in [3.63, 3.8) is 0 Å². The van der Waals surface area contributed by atoms with Gasteiger partial charge in [-0.3, -0.25) is 4.79 Å². The van der Waals surface area contributed by atoms with E-state index in [0.29, 0.717) is 34.4 Å². The lowest BCUT2D eigenvalue weighted by atomic mass is 9.84. The third kappa shape index (κ3) is 1.73. The molecule has 1 fully saturated rings. The molecule has 1 aliphatic heterocycles. The molecule has 5 rings (SSSR count). The van der Waals surface area contributed by atoms with Crippen molar-refractivity contribution in [2.24, 2.45) is 11.7 Å². The van der Waals surface area contributed by atoms with Crippen molar-refractivity contribution in [1.82, 2.24) is 0 Å². The number of hydrogen-bond acceptors (Lipinski definition) is 5. The predicted octanol–water partition coefficient (Wildman–Crippen LogP) is 2.40. The number of fused-ring (bicyclic) bond motifs is 5. The van der Waals surface area contributed by atoms with Crippen LogP contribution in [0.5, 0.6) is 5.75 Å². The molecule has 0 spiro atoms. The second kappa shape index (κ2) is 4.75. The third-order valence-electron chi connectivity index (χ3n) is 5.81. The van der Waals surface area contributed by atoms with Gasteiger partial charge < -0.3 is 21.3 Å². The molecule has 4 atom stereocenters. The zero-order chi connectivity index (χ0) is 16.9. The highest BCUT2D eigenvalue weighted by Gasteiger charge is 2.69. The van der Waals surface area contributed by atoms with E-state index in [0.717, 1.165) is 12.0 Å². The Morgan fingerprint density at radius 3 is 2.64 bits per heavy atom. The third-order valence-corrected chi connectivity index (χ3v) is 5.81. The molecule has 0 amide bonds. The molecule has 0 saturated heterocycles. The fourth-order valence-corrected chi connectivity index (χ4v) is 4.24. The summed E-state index contributed by atoms with van der Waals surface area (Å²) >= 11 is 0. The van der Waals surface area contributed by atoms with Gasteiger partial charge in [-0.05, 0) is 36.0 Å². The van der Waals surface area contributed by atoms with Crippen LogP contribution < -0.4 is 16.2 Å². The van der Waals surface area contributed by atoms with Gasteiger partial charge in [0.25, 0.3) is 5.79 Å². The van der Waals surface area contributed by atoms with E-state index in [1.54, 1.807) is 18.2 Å². The van der Waals surface area contributed by atoms with Crippen LogP contribution in [0.15, 0.2) is 36.4 Å². The van der Waals surface area contributed by atoms with Crippen molar-refractivity contribution in [2.45, 2.75) is 30.6 Å². The van der Waals surface area contributed by atoms with E-state index in [1.807, 2.05) is 18.2 Å². The number of rotatable bonds is 1. The highest BCUT2D eigenvalue weighted by molar-refractivity contribution is 6.13. The molecule has 0 bridgehead atoms. The number of ether oxygens (including phenoxy) is 1. The molecular formula is C19H19ClN2O3. The van der Waals surface area contributed by atoms with E-state index in [2.05, 4.69) is 6.92 Å². The fourth-order valence-electron chi connectivity index (χ4n) is 4.24. The summed E-state index contributed by atoms with van der Waals surface area (Å²) in [5.74, 6) is -0.657. The van der Waals surface area contributed by atoms with Gasteiger partial charge in [0.1, 0.15) is 5.75 Å². The summed E-state index contributed by atoms with van der Waals surface area (Å²) in [6, 6.07) is 10.7. The van der Waals surface area contributed by atoms with E-state index in [4.69, 9.17) is 16.2 Å². The average molecular weight is 359 g/mol. The van der Waals surface area contributed by atoms with Crippen LogP contribution in [0.3, 0.4) is 0 Å². The first-order valence-corrected chi connectivity index (χ1v) is 8.16. The van der Waals surface area contributed by atoms with Crippen LogP contribution >= 0.6 is 12.4 Å². The summed E-state index contributed by atoms with van der Waals surface area (Å²) in [6.07, 6.45) is 1.15. The van der Waals surface area contributed by atoms with Crippen LogP contribution in [-0.4, -0.2) is 10.9 Å². The van der Waals surface area contributed by atoms with Crippen LogP contribution in [0, 0.1) is 5.92 Å². The Kier molecular flexibility index (Phi) is 3.12. The zero-order valence-electron chi connectivity index (χ0n) is 13.7. The van der Waals surface area contributed by atoms with Crippen LogP contribution in [0.4, 0.5) is 5.69 Å². The first kappa shape index (κ1) is 16.4. The molecule has 3 aliphatic rings. The van der Waals surface area contributed by atoms with Gasteiger partial charge in [-0.25, -0.2) is 0 Å². The van der Waals surface area contributed by atoms with E-state index in [9.17, 15) is 9.90 Å². The SMILES string of the molecule is C[C@@H]1C[C@H]1c1ccc2c(c1)OC1(O)c3cccc(N)c3C(=O)C21N.Cl. The Balaban J connectivity index is 0.00000157. The largest absolute Gasteiger partial charge is 0.455 e. The summed E-state index contributed by atoms with van der Waals surface area (Å²) in [6.45, 7) is 2.20. The number of benzene rings is 2. The standard InChI is InChI=1S/C19H18N2O3.ClH/c1-9-7-11(9)10-5-6-12-15(8-10)24-19(23)13-3-2-4-14(20)16(13)17(22)18(12,19)21;/h2-6,8-9,11,23H,7,20-21H2,1H3;1H/t9-,11-,18?,19?;/m1./s1. The van der Waals surface area contributed by atoms with Crippen LogP contribution in [-0.2, 0) is 11.3 Å². The van der Waals surface area contributed by atoms with Crippen LogP contribution in [0.1, 0.15) is 46.3 Å². The van der Waals surface area contributed by atoms with Crippen molar-refractivity contribution >= 4 is 23.9 Å². The first-order chi connectivity index (χ1) is 11.4. The van der Waals surface area contributed by atoms with Gasteiger partial charge >= 0.3 is 0 Å². The molecule has 1 heterocycles. The Hall–Kier alpha value is -2.08. The molecule has 0 aromatic heterocycles. The van der Waals surface area contributed by atoms with Gasteiger partial charge in [-0.15, -0.1) is 12.4 Å². The number of aliphatic hydroxyl groups is 1. The lowest BCUT2D eigenvalue weighted by molar-refractivity contribution is -0.162. The molecule has 2 unspecified atom stereocenters. The van der Waals surface area contributed by atoms with Crippen molar-refractivity contribution < 1.29 is 14.6 Å². The topological polar surface area (TPSA) is 98.6 Å². The number of anilines is 1. The van der Waals surface area contributed by atoms with Gasteiger partial charge in [0.15, 0.2) is 11.3 Å². The van der Waals surface area contributed by atoms with Crippen LogP contribution in [0.2, 0.25) is 0 Å². The maximum absolute atomic E-state index is 13.0. The summed E-state index contributed by atoms with van der Waals surface area (Å²) < 4.78 is 5.88. The lowest BCUT2D eigenvalue weighted by Crippen LogP contribution is -2.55. The Morgan fingerprint density at radius 2 is 1.96 bits per heavy atom. The normalized spacial score (nSPS) is 33.8. The number of nitrogen functional groups attached to an aromatic ring is 1. The van der Waals surface area contributed by atoms with E-state index >= 15 is 0 Å². The molecule has 2 aromatic rings. The number of Topliss-reactive ketones (excluding diaryl/α,β-unsaturated/α-hetero) is 1. The quantitative estimate of drug-likeness (QED) is 0.680. The fraction of sp³-hybridized carbons (Fsp3) is 0.316. The van der Waals surface area contributed by atoms with Crippen molar-refractivity contribution in [2.75, 3.05) is 5.73 Å². The number of nitrogens with two attached hydrogens (primary N) is 2. The molecule has 6 heteroatoms. The van der Waals surface area contributed by atoms with E-state index < -0.39 is 17.1 Å². The monoisotopic (exact) mass is 358 g/mol. The van der Waals surface area contributed by atoms with E-state index in [1.165, 1.54) is 0 Å². The highest BCUT2D eigenvalue weighted by Crippen LogP contribution is 2.58. The Labute approximate surface area is 151 Å². The smallest absolute Gasteiger partial charge is 0.265 e. The molecule has 5 N–H and O–H groups in total. The van der Waals surface area contributed by atoms with Crippen LogP contribution in [0.25, 0.3) is 0 Å². The number of carbonyl (C=O) groups is 1. The summed E-state index contributed by atoms with van der Waals surface area (Å²) in [7, 11) is 0. The van der Waals surface area contributed by atoms with Gasteiger partial charge in [0.05, 0.1) is 5.56 Å². The van der Waals surface area contributed by atoms with Gasteiger partial charge in [0.2, 0.25) is 0 Å². The maximum atomic E-state index is 13.0.